The van der Waals surface area contributed by atoms with Gasteiger partial charge in [0.25, 0.3) is 0 Å². The molecule has 0 fully saturated rings. The number of ether oxygens (including phenoxy) is 1. The molecule has 0 bridgehead atoms. The van der Waals surface area contributed by atoms with Gasteiger partial charge in [-0.25, -0.2) is 9.67 Å². The minimum Gasteiger partial charge on any atom is -0.372 e. The quantitative estimate of drug-likeness (QED) is 0.624. The molecule has 0 radical (unpaired) electrons. The van der Waals surface area contributed by atoms with Crippen LogP contribution in [0.5, 0.6) is 0 Å². The fourth-order valence-corrected chi connectivity index (χ4v) is 1.24. The van der Waals surface area contributed by atoms with E-state index in [0.717, 1.165) is 24.8 Å². The first kappa shape index (κ1) is 7.73. The number of hydrogen-bond acceptors (Lipinski definition) is 3. The molecule has 4 heteroatoms. The predicted octanol–water partition coefficient (Wildman–Crippen LogP) is 0.932. The minimum absolute atomic E-state index is 0.406. The molecular weight excluding hydrogens is 154 g/mol. The molecule has 0 N–H and O–H groups in total. The second-order valence-electron chi connectivity index (χ2n) is 3.32. The van der Waals surface area contributed by atoms with Gasteiger partial charge < -0.3 is 4.74 Å². The minimum atomic E-state index is 0.406. The van der Waals surface area contributed by atoms with Crippen LogP contribution in [0.4, 0.5) is 0 Å². The van der Waals surface area contributed by atoms with Crippen molar-refractivity contribution in [1.82, 2.24) is 14.8 Å². The fourth-order valence-electron chi connectivity index (χ4n) is 1.24. The van der Waals surface area contributed by atoms with Crippen molar-refractivity contribution in [3.63, 3.8) is 0 Å². The highest BCUT2D eigenvalue weighted by atomic mass is 16.5. The van der Waals surface area contributed by atoms with Crippen LogP contribution in [0.1, 0.15) is 31.4 Å². The van der Waals surface area contributed by atoms with E-state index < -0.39 is 0 Å². The second kappa shape index (κ2) is 2.86. The van der Waals surface area contributed by atoms with E-state index in [2.05, 4.69) is 23.9 Å². The summed E-state index contributed by atoms with van der Waals surface area (Å²) in [5.41, 5.74) is 0. The third-order valence-corrected chi connectivity index (χ3v) is 1.96. The van der Waals surface area contributed by atoms with E-state index in [4.69, 9.17) is 4.74 Å². The Morgan fingerprint density at radius 2 is 2.33 bits per heavy atom. The summed E-state index contributed by atoms with van der Waals surface area (Å²) in [4.78, 5) is 4.38. The average molecular weight is 167 g/mol. The van der Waals surface area contributed by atoms with E-state index in [9.17, 15) is 0 Å². The van der Waals surface area contributed by atoms with Crippen molar-refractivity contribution in [2.24, 2.45) is 0 Å². The molecule has 12 heavy (non-hydrogen) atoms. The lowest BCUT2D eigenvalue weighted by atomic mass is 10.2. The van der Waals surface area contributed by atoms with Gasteiger partial charge >= 0.3 is 0 Å². The number of fused-ring (bicyclic) bond motifs is 1. The molecule has 1 aromatic rings. The molecule has 1 aliphatic heterocycles. The van der Waals surface area contributed by atoms with Crippen molar-refractivity contribution in [2.45, 2.75) is 32.9 Å². The van der Waals surface area contributed by atoms with Crippen LogP contribution in [0.15, 0.2) is 0 Å². The van der Waals surface area contributed by atoms with Crippen molar-refractivity contribution in [3.05, 3.63) is 11.6 Å². The highest BCUT2D eigenvalue weighted by molar-refractivity contribution is 4.97. The van der Waals surface area contributed by atoms with Gasteiger partial charge in [-0.3, -0.25) is 0 Å². The third kappa shape index (κ3) is 1.22. The van der Waals surface area contributed by atoms with Crippen LogP contribution in [0.3, 0.4) is 0 Å². The summed E-state index contributed by atoms with van der Waals surface area (Å²) in [6.45, 7) is 6.41. The van der Waals surface area contributed by atoms with Crippen molar-refractivity contribution < 1.29 is 4.74 Å². The molecule has 66 valence electrons. The maximum atomic E-state index is 5.27. The first-order chi connectivity index (χ1) is 5.77. The zero-order valence-corrected chi connectivity index (χ0v) is 7.45. The Bertz CT molecular complexity index is 256. The maximum Gasteiger partial charge on any atom is 0.153 e. The van der Waals surface area contributed by atoms with Gasteiger partial charge in [-0.1, -0.05) is 13.8 Å². The van der Waals surface area contributed by atoms with Gasteiger partial charge in [0.2, 0.25) is 0 Å². The Morgan fingerprint density at radius 1 is 1.50 bits per heavy atom. The lowest BCUT2D eigenvalue weighted by molar-refractivity contribution is 0.0769. The molecule has 1 aromatic heterocycles. The monoisotopic (exact) mass is 167 g/mol. The first-order valence-electron chi connectivity index (χ1n) is 4.28. The fraction of sp³-hybridized carbons (Fsp3) is 0.750. The second-order valence-corrected chi connectivity index (χ2v) is 3.32. The Labute approximate surface area is 71.6 Å². The Hall–Kier alpha value is -0.900. The van der Waals surface area contributed by atoms with E-state index in [1.807, 2.05) is 4.68 Å². The molecule has 0 atom stereocenters. The van der Waals surface area contributed by atoms with E-state index >= 15 is 0 Å². The normalized spacial score (nSPS) is 16.6. The van der Waals surface area contributed by atoms with Gasteiger partial charge in [0.1, 0.15) is 6.61 Å². The molecule has 0 aliphatic carbocycles. The van der Waals surface area contributed by atoms with E-state index in [1.165, 1.54) is 0 Å². The maximum absolute atomic E-state index is 5.27. The lowest BCUT2D eigenvalue weighted by Gasteiger charge is -2.11. The predicted molar refractivity (Wildman–Crippen MR) is 43.8 cm³/mol. The van der Waals surface area contributed by atoms with Gasteiger partial charge in [0.15, 0.2) is 11.6 Å². The SMILES string of the molecule is CC(C)c1nc2n(n1)CCOC2. The zero-order chi connectivity index (χ0) is 8.55. The molecule has 2 rings (SSSR count). The molecule has 1 aliphatic rings. The highest BCUT2D eigenvalue weighted by Crippen LogP contribution is 2.12. The highest BCUT2D eigenvalue weighted by Gasteiger charge is 2.15. The summed E-state index contributed by atoms with van der Waals surface area (Å²) in [6.07, 6.45) is 0. The van der Waals surface area contributed by atoms with Gasteiger partial charge in [0.05, 0.1) is 13.2 Å². The molecule has 0 unspecified atom stereocenters. The van der Waals surface area contributed by atoms with Gasteiger partial charge in [-0.2, -0.15) is 5.10 Å². The van der Waals surface area contributed by atoms with Crippen LogP contribution >= 0.6 is 0 Å². The van der Waals surface area contributed by atoms with Crippen LogP contribution in [0.25, 0.3) is 0 Å². The average Bonchev–Trinajstić information content (AvgIpc) is 2.46. The summed E-state index contributed by atoms with van der Waals surface area (Å²) in [5, 5.41) is 4.38. The van der Waals surface area contributed by atoms with Crippen molar-refractivity contribution >= 4 is 0 Å². The van der Waals surface area contributed by atoms with Crippen molar-refractivity contribution in [2.75, 3.05) is 6.61 Å². The molecule has 2 heterocycles. The first-order valence-corrected chi connectivity index (χ1v) is 4.28. The molecule has 4 nitrogen and oxygen atoms in total. The Kier molecular flexibility index (Phi) is 1.84. The number of nitrogens with zero attached hydrogens (tertiary/aromatic N) is 3. The summed E-state index contributed by atoms with van der Waals surface area (Å²) < 4.78 is 7.21. The van der Waals surface area contributed by atoms with Crippen LogP contribution in [0, 0.1) is 0 Å². The smallest absolute Gasteiger partial charge is 0.153 e. The van der Waals surface area contributed by atoms with E-state index in [1.54, 1.807) is 0 Å². The topological polar surface area (TPSA) is 39.9 Å². The summed E-state index contributed by atoms with van der Waals surface area (Å²) in [7, 11) is 0. The van der Waals surface area contributed by atoms with Crippen LogP contribution in [0.2, 0.25) is 0 Å². The van der Waals surface area contributed by atoms with Crippen molar-refractivity contribution in [3.8, 4) is 0 Å². The van der Waals surface area contributed by atoms with Crippen LogP contribution in [-0.2, 0) is 17.9 Å². The van der Waals surface area contributed by atoms with E-state index in [0.29, 0.717) is 12.5 Å². The standard InChI is InChI=1S/C8H13N3O/c1-6(2)8-9-7-5-12-4-3-11(7)10-8/h6H,3-5H2,1-2H3. The molecule has 0 saturated carbocycles. The number of hydrogen-bond donors (Lipinski definition) is 0. The largest absolute Gasteiger partial charge is 0.372 e. The molecular formula is C8H13N3O. The van der Waals surface area contributed by atoms with Crippen LogP contribution in [-0.4, -0.2) is 21.4 Å². The Morgan fingerprint density at radius 3 is 3.00 bits per heavy atom. The summed E-state index contributed by atoms with van der Waals surface area (Å²) >= 11 is 0. The van der Waals surface area contributed by atoms with Gasteiger partial charge in [-0.05, 0) is 0 Å². The summed E-state index contributed by atoms with van der Waals surface area (Å²) in [6, 6.07) is 0. The summed E-state index contributed by atoms with van der Waals surface area (Å²) in [5.74, 6) is 2.29. The molecule has 0 spiro atoms. The molecule has 0 saturated heterocycles. The van der Waals surface area contributed by atoms with E-state index in [-0.39, 0.29) is 0 Å². The van der Waals surface area contributed by atoms with Crippen molar-refractivity contribution in [1.29, 1.82) is 0 Å². The third-order valence-electron chi connectivity index (χ3n) is 1.96. The zero-order valence-electron chi connectivity index (χ0n) is 7.45. The van der Waals surface area contributed by atoms with Gasteiger partial charge in [0, 0.05) is 5.92 Å². The molecule has 0 aromatic carbocycles. The number of aromatic nitrogens is 3. The number of rotatable bonds is 1. The molecule has 0 amide bonds. The van der Waals surface area contributed by atoms with Crippen LogP contribution < -0.4 is 0 Å². The lowest BCUT2D eigenvalue weighted by Crippen LogP contribution is -2.17. The Balaban J connectivity index is 2.32. The van der Waals surface area contributed by atoms with Gasteiger partial charge in [-0.15, -0.1) is 0 Å².